The highest BCUT2D eigenvalue weighted by Gasteiger charge is 2.18. The Labute approximate surface area is 229 Å². The number of carbonyl (C=O) groups is 2. The molecule has 0 fully saturated rings. The molecule has 0 aromatic heterocycles. The molecule has 0 aliphatic carbocycles. The number of amides is 1. The van der Waals surface area contributed by atoms with E-state index in [0.29, 0.717) is 17.9 Å². The molecular weight excluding hydrogens is 537 g/mol. The van der Waals surface area contributed by atoms with Crippen molar-refractivity contribution < 1.29 is 28.2 Å². The first-order valence-corrected chi connectivity index (χ1v) is 12.7. The summed E-state index contributed by atoms with van der Waals surface area (Å²) in [6.45, 7) is 4.26. The van der Waals surface area contributed by atoms with Gasteiger partial charge in [0.15, 0.2) is 0 Å². The molecule has 10 heteroatoms. The van der Waals surface area contributed by atoms with Crippen LogP contribution in [0.4, 0.5) is 14.5 Å². The van der Waals surface area contributed by atoms with Crippen LogP contribution in [0.15, 0.2) is 54.6 Å². The Morgan fingerprint density at radius 3 is 2.13 bits per heavy atom. The van der Waals surface area contributed by atoms with E-state index in [9.17, 15) is 18.4 Å². The maximum atomic E-state index is 14.9. The zero-order valence-corrected chi connectivity index (χ0v) is 22.4. The summed E-state index contributed by atoms with van der Waals surface area (Å²) in [5.41, 5.74) is 1.10. The minimum absolute atomic E-state index is 0.0387. The van der Waals surface area contributed by atoms with Crippen LogP contribution in [-0.4, -0.2) is 36.2 Å². The lowest BCUT2D eigenvalue weighted by Crippen LogP contribution is -2.29. The summed E-state index contributed by atoms with van der Waals surface area (Å²) in [4.78, 5) is 22.7. The second-order valence-corrected chi connectivity index (χ2v) is 10.1. The normalized spacial score (nSPS) is 11.8. The van der Waals surface area contributed by atoms with Crippen LogP contribution >= 0.6 is 23.2 Å². The van der Waals surface area contributed by atoms with Crippen molar-refractivity contribution in [2.75, 3.05) is 18.5 Å². The molecule has 1 atom stereocenters. The van der Waals surface area contributed by atoms with Gasteiger partial charge in [-0.1, -0.05) is 37.0 Å². The van der Waals surface area contributed by atoms with E-state index in [1.807, 2.05) is 13.8 Å². The van der Waals surface area contributed by atoms with Gasteiger partial charge in [-0.2, -0.15) is 0 Å². The summed E-state index contributed by atoms with van der Waals surface area (Å²) in [5, 5.41) is 15.1. The molecule has 6 nitrogen and oxygen atoms in total. The molecule has 0 spiro atoms. The molecule has 0 heterocycles. The molecule has 3 aromatic carbocycles. The van der Waals surface area contributed by atoms with Gasteiger partial charge in [0, 0.05) is 40.0 Å². The second-order valence-electron chi connectivity index (χ2n) is 9.18. The summed E-state index contributed by atoms with van der Waals surface area (Å²) >= 11 is 12.0. The van der Waals surface area contributed by atoms with Gasteiger partial charge in [-0.3, -0.25) is 9.59 Å². The zero-order chi connectivity index (χ0) is 27.8. The lowest BCUT2D eigenvalue weighted by molar-refractivity contribution is -0.136. The fourth-order valence-electron chi connectivity index (χ4n) is 3.88. The maximum absolute atomic E-state index is 14.9. The van der Waals surface area contributed by atoms with Crippen molar-refractivity contribution in [1.29, 1.82) is 0 Å². The number of carboxylic acids is 1. The van der Waals surface area contributed by atoms with Gasteiger partial charge in [0.2, 0.25) is 0 Å². The van der Waals surface area contributed by atoms with Crippen LogP contribution < -0.4 is 15.4 Å². The molecule has 3 aromatic rings. The third-order valence-electron chi connectivity index (χ3n) is 5.52. The monoisotopic (exact) mass is 564 g/mol. The smallest absolute Gasteiger partial charge is 0.305 e. The van der Waals surface area contributed by atoms with Gasteiger partial charge in [0.05, 0.1) is 18.0 Å². The molecule has 38 heavy (non-hydrogen) atoms. The van der Waals surface area contributed by atoms with Gasteiger partial charge < -0.3 is 20.5 Å². The van der Waals surface area contributed by atoms with Crippen molar-refractivity contribution in [3.63, 3.8) is 0 Å². The first kappa shape index (κ1) is 29.2. The van der Waals surface area contributed by atoms with Crippen LogP contribution in [0, 0.1) is 17.6 Å². The van der Waals surface area contributed by atoms with Crippen molar-refractivity contribution in [3.8, 4) is 16.9 Å². The number of carbonyl (C=O) groups excluding carboxylic acids is 1. The van der Waals surface area contributed by atoms with Crippen LogP contribution in [0.3, 0.4) is 0 Å². The van der Waals surface area contributed by atoms with Crippen LogP contribution in [0.1, 0.15) is 37.0 Å². The highest BCUT2D eigenvalue weighted by atomic mass is 35.5. The van der Waals surface area contributed by atoms with Crippen LogP contribution in [0.25, 0.3) is 11.1 Å². The number of benzene rings is 3. The molecule has 3 N–H and O–H groups in total. The average molecular weight is 565 g/mol. The number of hydrogen-bond donors (Lipinski definition) is 3. The third-order valence-corrected chi connectivity index (χ3v) is 5.95. The number of aliphatic carboxylic acids is 1. The van der Waals surface area contributed by atoms with E-state index in [1.165, 1.54) is 18.2 Å². The molecule has 0 unspecified atom stereocenters. The number of rotatable bonds is 12. The molecule has 0 saturated heterocycles. The molecular formula is C28H28Cl2F2N2O4. The van der Waals surface area contributed by atoms with E-state index >= 15 is 0 Å². The molecule has 3 rings (SSSR count). The van der Waals surface area contributed by atoms with Gasteiger partial charge in [-0.25, -0.2) is 8.78 Å². The van der Waals surface area contributed by atoms with Crippen molar-refractivity contribution in [1.82, 2.24) is 5.32 Å². The van der Waals surface area contributed by atoms with Crippen LogP contribution in [0.2, 0.25) is 10.0 Å². The van der Waals surface area contributed by atoms with Gasteiger partial charge >= 0.3 is 5.97 Å². The Bertz CT molecular complexity index is 1240. The molecule has 0 saturated carbocycles. The minimum atomic E-state index is -0.990. The largest absolute Gasteiger partial charge is 0.491 e. The van der Waals surface area contributed by atoms with Gasteiger partial charge in [0.25, 0.3) is 5.91 Å². The highest BCUT2D eigenvalue weighted by Crippen LogP contribution is 2.33. The number of nitrogens with one attached hydrogen (secondary N) is 2. The summed E-state index contributed by atoms with van der Waals surface area (Å²) in [7, 11) is 0. The number of hydrogen-bond acceptors (Lipinski definition) is 4. The van der Waals surface area contributed by atoms with Gasteiger partial charge in [-0.15, -0.1) is 0 Å². The van der Waals surface area contributed by atoms with E-state index in [2.05, 4.69) is 10.6 Å². The number of carboxylic acid groups (broad SMARTS) is 1. The molecule has 0 radical (unpaired) electrons. The predicted molar refractivity (Wildman–Crippen MR) is 145 cm³/mol. The summed E-state index contributed by atoms with van der Waals surface area (Å²) < 4.78 is 35.5. The van der Waals surface area contributed by atoms with Crippen LogP contribution in [-0.2, 0) is 4.79 Å². The molecule has 0 aliphatic rings. The maximum Gasteiger partial charge on any atom is 0.305 e. The van der Waals surface area contributed by atoms with Gasteiger partial charge in [0.1, 0.15) is 24.0 Å². The lowest BCUT2D eigenvalue weighted by atomic mass is 10.0. The first-order chi connectivity index (χ1) is 18.0. The van der Waals surface area contributed by atoms with Gasteiger partial charge in [-0.05, 0) is 60.4 Å². The summed E-state index contributed by atoms with van der Waals surface area (Å²) in [6.07, 6.45) is 0.551. The average Bonchev–Trinajstić information content (AvgIpc) is 2.81. The molecule has 0 bridgehead atoms. The van der Waals surface area contributed by atoms with Crippen molar-refractivity contribution in [2.24, 2.45) is 5.92 Å². The summed E-state index contributed by atoms with van der Waals surface area (Å²) in [6, 6.07) is 13.1. The SMILES string of the molecule is CC(C)C[C@@H](COc1cc(F)c(-c2cc(Cl)cc(Cl)c2)c(F)c1)Nc1ccc(C(=O)NCCC(=O)O)cc1. The van der Waals surface area contributed by atoms with E-state index in [1.54, 1.807) is 24.3 Å². The Balaban J connectivity index is 1.67. The Hall–Kier alpha value is -3.36. The number of ether oxygens (including phenoxy) is 1. The quantitative estimate of drug-likeness (QED) is 0.219. The second kappa shape index (κ2) is 13.4. The van der Waals surface area contributed by atoms with E-state index in [0.717, 1.165) is 17.8 Å². The van der Waals surface area contributed by atoms with E-state index in [4.69, 9.17) is 33.0 Å². The molecule has 1 amide bonds. The van der Waals surface area contributed by atoms with Crippen molar-refractivity contribution in [3.05, 3.63) is 81.8 Å². The van der Waals surface area contributed by atoms with Crippen molar-refractivity contribution in [2.45, 2.75) is 32.7 Å². The number of anilines is 1. The first-order valence-electron chi connectivity index (χ1n) is 12.0. The molecule has 202 valence electrons. The summed E-state index contributed by atoms with van der Waals surface area (Å²) in [5.74, 6) is -2.62. The minimum Gasteiger partial charge on any atom is -0.491 e. The topological polar surface area (TPSA) is 87.7 Å². The predicted octanol–water partition coefficient (Wildman–Crippen LogP) is 7.05. The highest BCUT2D eigenvalue weighted by molar-refractivity contribution is 6.35. The lowest BCUT2D eigenvalue weighted by Gasteiger charge is -2.22. The van der Waals surface area contributed by atoms with Crippen molar-refractivity contribution >= 4 is 40.8 Å². The fourth-order valence-corrected chi connectivity index (χ4v) is 4.41. The number of halogens is 4. The Morgan fingerprint density at radius 2 is 1.58 bits per heavy atom. The zero-order valence-electron chi connectivity index (χ0n) is 20.9. The Morgan fingerprint density at radius 1 is 0.974 bits per heavy atom. The third kappa shape index (κ3) is 8.60. The van der Waals surface area contributed by atoms with Crippen LogP contribution in [0.5, 0.6) is 5.75 Å². The molecule has 0 aliphatic heterocycles. The van der Waals surface area contributed by atoms with E-state index in [-0.39, 0.29) is 58.4 Å². The Kier molecular flexibility index (Phi) is 10.3. The fraction of sp³-hybridized carbons (Fsp3) is 0.286. The standard InChI is InChI=1S/C28H28Cl2F2N2O4/c1-16(2)9-22(34-21-5-3-17(4-6-21)28(37)33-8-7-26(35)36)15-38-23-13-24(31)27(25(32)14-23)18-10-19(29)12-20(30)11-18/h3-6,10-14,16,22,34H,7-9,15H2,1-2H3,(H,33,37)(H,35,36)/t22-/m0/s1. The van der Waals surface area contributed by atoms with E-state index < -0.39 is 17.6 Å².